The summed E-state index contributed by atoms with van der Waals surface area (Å²) in [7, 11) is -0.809. The van der Waals surface area contributed by atoms with E-state index in [9.17, 15) is 18.0 Å². The highest BCUT2D eigenvalue weighted by Crippen LogP contribution is 2.29. The average molecular weight is 400 g/mol. The molecule has 140 valence electrons. The molecule has 0 bridgehead atoms. The molecule has 1 aromatic heterocycles. The second-order valence-corrected chi connectivity index (χ2v) is 7.99. The van der Waals surface area contributed by atoms with Crippen LogP contribution in [-0.4, -0.2) is 60.2 Å². The van der Waals surface area contributed by atoms with Crippen LogP contribution >= 0.6 is 11.6 Å². The maximum atomic E-state index is 12.6. The number of benzene rings is 1. The Morgan fingerprint density at radius 2 is 1.96 bits per heavy atom. The van der Waals surface area contributed by atoms with Crippen LogP contribution in [-0.2, 0) is 16.4 Å². The number of sulfone groups is 1. The van der Waals surface area contributed by atoms with Gasteiger partial charge in [-0.15, -0.1) is 0 Å². The van der Waals surface area contributed by atoms with E-state index in [1.165, 1.54) is 42.1 Å². The van der Waals surface area contributed by atoms with E-state index < -0.39 is 21.7 Å². The molecule has 0 radical (unpaired) electrons. The summed E-state index contributed by atoms with van der Waals surface area (Å²) >= 11 is 6.25. The lowest BCUT2D eigenvalue weighted by atomic mass is 10.1. The van der Waals surface area contributed by atoms with Crippen LogP contribution in [0.15, 0.2) is 23.4 Å². The number of amides is 2. The number of halogens is 1. The zero-order valence-electron chi connectivity index (χ0n) is 14.6. The molecule has 0 aliphatic heterocycles. The van der Waals surface area contributed by atoms with Crippen molar-refractivity contribution in [2.45, 2.75) is 18.4 Å². The minimum absolute atomic E-state index is 0.0464. The molecule has 1 aromatic carbocycles. The van der Waals surface area contributed by atoms with Gasteiger partial charge in [-0.2, -0.15) is 10.1 Å². The van der Waals surface area contributed by atoms with Gasteiger partial charge in [0.1, 0.15) is 6.33 Å². The fourth-order valence-corrected chi connectivity index (χ4v) is 3.49. The molecule has 0 saturated carbocycles. The molecule has 0 aliphatic rings. The summed E-state index contributed by atoms with van der Waals surface area (Å²) in [5, 5.41) is 6.24. The Morgan fingerprint density at radius 1 is 1.31 bits per heavy atom. The molecule has 2 amide bonds. The van der Waals surface area contributed by atoms with Crippen molar-refractivity contribution in [1.82, 2.24) is 19.7 Å². The number of hydrogen-bond acceptors (Lipinski definition) is 6. The molecule has 2 rings (SSSR count). The van der Waals surface area contributed by atoms with Crippen molar-refractivity contribution in [1.29, 1.82) is 0 Å². The molecule has 0 fully saturated rings. The molecule has 0 unspecified atom stereocenters. The first-order valence-corrected chi connectivity index (χ1v) is 9.78. The maximum Gasteiger partial charge on any atom is 0.259 e. The molecule has 0 aliphatic carbocycles. The summed E-state index contributed by atoms with van der Waals surface area (Å²) in [4.78, 5) is 29.9. The van der Waals surface area contributed by atoms with Gasteiger partial charge in [0.25, 0.3) is 11.8 Å². The van der Waals surface area contributed by atoms with Crippen LogP contribution in [0.2, 0.25) is 5.02 Å². The Balaban J connectivity index is 2.55. The minimum Gasteiger partial charge on any atom is -0.345 e. The van der Waals surface area contributed by atoms with E-state index in [1.54, 1.807) is 0 Å². The third-order valence-corrected chi connectivity index (χ3v) is 5.04. The Bertz CT molecular complexity index is 968. The number of hydrogen-bond donors (Lipinski definition) is 1. The predicted molar refractivity (Wildman–Crippen MR) is 96.2 cm³/mol. The van der Waals surface area contributed by atoms with Gasteiger partial charge in [0, 0.05) is 26.9 Å². The van der Waals surface area contributed by atoms with Crippen molar-refractivity contribution in [3.63, 3.8) is 0 Å². The minimum atomic E-state index is -3.73. The van der Waals surface area contributed by atoms with E-state index in [4.69, 9.17) is 11.6 Å². The van der Waals surface area contributed by atoms with Crippen molar-refractivity contribution in [2.24, 2.45) is 0 Å². The van der Waals surface area contributed by atoms with Crippen molar-refractivity contribution in [3.8, 4) is 0 Å². The SMILES string of the molecule is CCn1ncnc1NC(=O)c1ccc(S(C)(=O)=O)c(C(=O)N(C)C)c1Cl. The molecule has 9 nitrogen and oxygen atoms in total. The topological polar surface area (TPSA) is 114 Å². The number of rotatable bonds is 5. The van der Waals surface area contributed by atoms with Crippen LogP contribution in [0, 0.1) is 0 Å². The Morgan fingerprint density at radius 3 is 2.50 bits per heavy atom. The van der Waals surface area contributed by atoms with Crippen molar-refractivity contribution >= 4 is 39.2 Å². The number of aryl methyl sites for hydroxylation is 1. The van der Waals surface area contributed by atoms with Crippen molar-refractivity contribution in [2.75, 3.05) is 25.7 Å². The molecule has 0 atom stereocenters. The second kappa shape index (κ2) is 7.42. The van der Waals surface area contributed by atoms with Gasteiger partial charge in [-0.3, -0.25) is 14.9 Å². The number of carbonyl (C=O) groups excluding carboxylic acids is 2. The van der Waals surface area contributed by atoms with Crippen molar-refractivity contribution < 1.29 is 18.0 Å². The monoisotopic (exact) mass is 399 g/mol. The molecule has 1 N–H and O–H groups in total. The zero-order valence-corrected chi connectivity index (χ0v) is 16.2. The van der Waals surface area contributed by atoms with Crippen LogP contribution in [0.5, 0.6) is 0 Å². The summed E-state index contributed by atoms with van der Waals surface area (Å²) in [6.07, 6.45) is 2.25. The first-order valence-electron chi connectivity index (χ1n) is 7.51. The lowest BCUT2D eigenvalue weighted by Crippen LogP contribution is -2.26. The second-order valence-electron chi connectivity index (χ2n) is 5.63. The first-order chi connectivity index (χ1) is 12.1. The smallest absolute Gasteiger partial charge is 0.259 e. The van der Waals surface area contributed by atoms with Gasteiger partial charge in [-0.25, -0.2) is 13.1 Å². The summed E-state index contributed by atoms with van der Waals surface area (Å²) in [6, 6.07) is 2.45. The largest absolute Gasteiger partial charge is 0.345 e. The molecule has 26 heavy (non-hydrogen) atoms. The molecule has 0 spiro atoms. The van der Waals surface area contributed by atoms with Crippen LogP contribution in [0.1, 0.15) is 27.6 Å². The van der Waals surface area contributed by atoms with E-state index in [-0.39, 0.29) is 27.0 Å². The summed E-state index contributed by atoms with van der Waals surface area (Å²) < 4.78 is 25.5. The number of aromatic nitrogens is 3. The van der Waals surface area contributed by atoms with Gasteiger partial charge in [-0.1, -0.05) is 11.6 Å². The van der Waals surface area contributed by atoms with Gasteiger partial charge in [0.05, 0.1) is 21.0 Å². The van der Waals surface area contributed by atoms with Gasteiger partial charge in [-0.05, 0) is 19.1 Å². The highest BCUT2D eigenvalue weighted by molar-refractivity contribution is 7.90. The van der Waals surface area contributed by atoms with Crippen LogP contribution < -0.4 is 5.32 Å². The average Bonchev–Trinajstić information content (AvgIpc) is 2.99. The molecular formula is C15H18ClN5O4S. The Labute approximate surface area is 155 Å². The Kier molecular flexibility index (Phi) is 5.67. The number of anilines is 1. The van der Waals surface area contributed by atoms with Crippen LogP contribution in [0.4, 0.5) is 5.95 Å². The van der Waals surface area contributed by atoms with Gasteiger partial charge in [0.2, 0.25) is 5.95 Å². The highest BCUT2D eigenvalue weighted by Gasteiger charge is 2.27. The fourth-order valence-electron chi connectivity index (χ4n) is 2.23. The standard InChI is InChI=1S/C15H18ClN5O4S/c1-5-21-15(17-8-18-21)19-13(22)9-6-7-10(26(4,24)25)11(12(9)16)14(23)20(2)3/h6-8H,5H2,1-4H3,(H,17,18,19,22). The normalized spacial score (nSPS) is 11.3. The van der Waals surface area contributed by atoms with Gasteiger partial charge < -0.3 is 4.90 Å². The molecule has 11 heteroatoms. The molecule has 2 aromatic rings. The Hall–Kier alpha value is -2.46. The number of carbonyl (C=O) groups is 2. The van der Waals surface area contributed by atoms with E-state index in [0.717, 1.165) is 6.26 Å². The first kappa shape index (κ1) is 19.9. The molecule has 0 saturated heterocycles. The van der Waals surface area contributed by atoms with E-state index in [0.29, 0.717) is 6.54 Å². The van der Waals surface area contributed by atoms with Gasteiger partial charge >= 0.3 is 0 Å². The van der Waals surface area contributed by atoms with Crippen molar-refractivity contribution in [3.05, 3.63) is 34.6 Å². The van der Waals surface area contributed by atoms with Gasteiger partial charge in [0.15, 0.2) is 9.84 Å². The van der Waals surface area contributed by atoms with Crippen LogP contribution in [0.3, 0.4) is 0 Å². The predicted octanol–water partition coefficient (Wildman–Crippen LogP) is 1.31. The molecule has 1 heterocycles. The third kappa shape index (κ3) is 3.86. The summed E-state index contributed by atoms with van der Waals surface area (Å²) in [5.74, 6) is -1.05. The lowest BCUT2D eigenvalue weighted by molar-refractivity contribution is 0.0824. The fraction of sp³-hybridized carbons (Fsp3) is 0.333. The summed E-state index contributed by atoms with van der Waals surface area (Å²) in [6.45, 7) is 2.31. The van der Waals surface area contributed by atoms with Crippen LogP contribution in [0.25, 0.3) is 0 Å². The summed E-state index contributed by atoms with van der Waals surface area (Å²) in [5.41, 5.74) is -0.293. The number of nitrogens with one attached hydrogen (secondary N) is 1. The van der Waals surface area contributed by atoms with E-state index >= 15 is 0 Å². The quantitative estimate of drug-likeness (QED) is 0.810. The van der Waals surface area contributed by atoms with E-state index in [2.05, 4.69) is 15.4 Å². The lowest BCUT2D eigenvalue weighted by Gasteiger charge is -2.17. The third-order valence-electron chi connectivity index (χ3n) is 3.51. The molecular weight excluding hydrogens is 382 g/mol. The zero-order chi connectivity index (χ0) is 19.6. The maximum absolute atomic E-state index is 12.6. The number of nitrogens with zero attached hydrogens (tertiary/aromatic N) is 4. The highest BCUT2D eigenvalue weighted by atomic mass is 35.5. The van der Waals surface area contributed by atoms with E-state index in [1.807, 2.05) is 6.92 Å².